The van der Waals surface area contributed by atoms with Crippen molar-refractivity contribution < 1.29 is 32.8 Å². The van der Waals surface area contributed by atoms with Crippen molar-refractivity contribution in [2.75, 3.05) is 73.9 Å². The van der Waals surface area contributed by atoms with Crippen LogP contribution >= 0.6 is 21.8 Å². The van der Waals surface area contributed by atoms with E-state index >= 15 is 0 Å². The standard InChI is InChI=1S/3C28H60P.C8H6O7S/c3*1-5-9-13-14-15-16-17-18-19-20-21-22-23-24-28-29(25-10-6-2,26-11-7-3)27-12-8-4;9-7(10)4-2-1-3-5(8(11)12)6(4)16(13,14)15/h3*5-28H2,1-4H3;1-3H,(H,9,10)(H,11,12)(H,13,14,15)/q3*+1;/p-3. The maximum absolute atomic E-state index is 10.7. The molecule has 103 heavy (non-hydrogen) atoms. The van der Waals surface area contributed by atoms with Gasteiger partial charge in [0, 0.05) is 32.9 Å². The van der Waals surface area contributed by atoms with E-state index in [1.807, 2.05) is 0 Å². The Morgan fingerprint density at radius 3 is 0.485 bits per heavy atom. The highest BCUT2D eigenvalue weighted by atomic mass is 32.2. The summed E-state index contributed by atoms with van der Waals surface area (Å²) in [6.07, 6.45) is 108. The molecule has 0 unspecified atom stereocenters. The van der Waals surface area contributed by atoms with Crippen LogP contribution in [-0.2, 0) is 10.1 Å². The number of hydrogen-bond donors (Lipinski definition) is 0. The fraction of sp³-hybridized carbons (Fsp3) is 0.913. The Balaban J connectivity index is -0.00000132. The highest BCUT2D eigenvalue weighted by Gasteiger charge is 2.37. The third kappa shape index (κ3) is 65.8. The van der Waals surface area contributed by atoms with Gasteiger partial charge in [0.05, 0.1) is 90.8 Å². The fourth-order valence-electron chi connectivity index (χ4n) is 15.5. The van der Waals surface area contributed by atoms with Crippen LogP contribution in [0.2, 0.25) is 0 Å². The van der Waals surface area contributed by atoms with E-state index in [-0.39, 0.29) is 0 Å². The van der Waals surface area contributed by atoms with Crippen LogP contribution < -0.4 is 10.2 Å². The first-order valence-corrected chi connectivity index (χ1v) is 55.0. The minimum atomic E-state index is -5.25. The van der Waals surface area contributed by atoms with Crippen molar-refractivity contribution in [2.45, 2.75) is 473 Å². The topological polar surface area (TPSA) is 137 Å². The Morgan fingerprint density at radius 2 is 0.359 bits per heavy atom. The van der Waals surface area contributed by atoms with Crippen molar-refractivity contribution >= 4 is 43.8 Å². The number of unbranched alkanes of at least 4 members (excludes halogenated alkanes) is 48. The molecule has 1 aromatic rings. The normalized spacial score (nSPS) is 11.9. The summed E-state index contributed by atoms with van der Waals surface area (Å²) in [4.78, 5) is 19.7. The first kappa shape index (κ1) is 107. The molecular formula is C92H183O7P3S. The monoisotopic (exact) mass is 1530 g/mol. The van der Waals surface area contributed by atoms with Crippen LogP contribution in [0.15, 0.2) is 23.1 Å². The van der Waals surface area contributed by atoms with E-state index in [1.54, 1.807) is 93.2 Å². The molecule has 7 nitrogen and oxygen atoms in total. The number of carboxylic acid groups (broad SMARTS) is 2. The minimum Gasteiger partial charge on any atom is -0.744 e. The van der Waals surface area contributed by atoms with Crippen LogP contribution in [0.3, 0.4) is 0 Å². The number of carbonyl (C=O) groups excluding carboxylic acids is 2. The molecule has 0 aliphatic rings. The molecule has 0 spiro atoms. The Bertz CT molecular complexity index is 1790. The zero-order valence-electron chi connectivity index (χ0n) is 71.8. The van der Waals surface area contributed by atoms with Crippen molar-refractivity contribution in [2.24, 2.45) is 0 Å². The van der Waals surface area contributed by atoms with Gasteiger partial charge in [-0.15, -0.1) is 0 Å². The lowest BCUT2D eigenvalue weighted by Gasteiger charge is -2.28. The number of carbonyl (C=O) groups is 2. The summed E-state index contributed by atoms with van der Waals surface area (Å²) in [5.41, 5.74) is -2.01. The van der Waals surface area contributed by atoms with Crippen LogP contribution in [0.25, 0.3) is 0 Å². The second-order valence-electron chi connectivity index (χ2n) is 32.4. The zero-order chi connectivity index (χ0) is 76.9. The molecular weight excluding hydrogens is 1340 g/mol. The molecule has 0 atom stereocenters. The van der Waals surface area contributed by atoms with E-state index < -0.39 is 59.9 Å². The third-order valence-corrected chi connectivity index (χ3v) is 38.7. The maximum atomic E-state index is 10.7. The lowest BCUT2D eigenvalue weighted by molar-refractivity contribution is -0.255. The lowest BCUT2D eigenvalue weighted by Crippen LogP contribution is -2.29. The Labute approximate surface area is 649 Å². The summed E-state index contributed by atoms with van der Waals surface area (Å²) in [5, 5.41) is 21.0. The molecule has 1 rings (SSSR count). The number of aromatic carboxylic acids is 2. The van der Waals surface area contributed by atoms with Gasteiger partial charge in [0.25, 0.3) is 0 Å². The van der Waals surface area contributed by atoms with Gasteiger partial charge in [-0.3, -0.25) is 0 Å². The van der Waals surface area contributed by atoms with Gasteiger partial charge in [-0.25, -0.2) is 8.42 Å². The first-order chi connectivity index (χ1) is 50.0. The molecule has 0 N–H and O–H groups in total. The predicted molar refractivity (Wildman–Crippen MR) is 467 cm³/mol. The van der Waals surface area contributed by atoms with Gasteiger partial charge in [0.1, 0.15) is 10.1 Å². The Hall–Kier alpha value is -0.640. The average molecular weight is 1530 g/mol. The van der Waals surface area contributed by atoms with Gasteiger partial charge in [-0.05, 0) is 96.3 Å². The number of benzene rings is 1. The summed E-state index contributed by atoms with van der Waals surface area (Å²) in [6, 6.07) is 2.48. The number of carboxylic acids is 2. The van der Waals surface area contributed by atoms with Crippen LogP contribution in [-0.4, -0.2) is 98.9 Å². The van der Waals surface area contributed by atoms with Crippen molar-refractivity contribution in [1.29, 1.82) is 0 Å². The van der Waals surface area contributed by atoms with Gasteiger partial charge in [0.2, 0.25) is 0 Å². The fourth-order valence-corrected chi connectivity index (χ4v) is 31.9. The van der Waals surface area contributed by atoms with Crippen LogP contribution in [0.5, 0.6) is 0 Å². The average Bonchev–Trinajstić information content (AvgIpc) is 0.792. The van der Waals surface area contributed by atoms with Gasteiger partial charge < -0.3 is 24.4 Å². The Morgan fingerprint density at radius 1 is 0.233 bits per heavy atom. The highest BCUT2D eigenvalue weighted by molar-refractivity contribution is 7.86. The second-order valence-corrected chi connectivity index (χ2v) is 47.1. The quantitative estimate of drug-likeness (QED) is 0.0360. The molecule has 1 aromatic carbocycles. The van der Waals surface area contributed by atoms with Crippen molar-refractivity contribution in [3.63, 3.8) is 0 Å². The van der Waals surface area contributed by atoms with Crippen molar-refractivity contribution in [1.82, 2.24) is 0 Å². The smallest absolute Gasteiger partial charge is 0.125 e. The van der Waals surface area contributed by atoms with Gasteiger partial charge in [0.15, 0.2) is 0 Å². The molecule has 11 heteroatoms. The maximum Gasteiger partial charge on any atom is 0.125 e. The summed E-state index contributed by atoms with van der Waals surface area (Å²) in [5.74, 6) is -3.92. The van der Waals surface area contributed by atoms with Crippen molar-refractivity contribution in [3.8, 4) is 0 Å². The van der Waals surface area contributed by atoms with Crippen LogP contribution in [0.4, 0.5) is 0 Å². The van der Waals surface area contributed by atoms with E-state index in [0.717, 1.165) is 18.2 Å². The summed E-state index contributed by atoms with van der Waals surface area (Å²) in [6.45, 7) is 28.4. The number of hydrogen-bond acceptors (Lipinski definition) is 7. The van der Waals surface area contributed by atoms with Gasteiger partial charge in [-0.1, -0.05) is 390 Å². The van der Waals surface area contributed by atoms with Crippen LogP contribution in [0, 0.1) is 0 Å². The highest BCUT2D eigenvalue weighted by Crippen LogP contribution is 2.63. The molecule has 0 bridgehead atoms. The van der Waals surface area contributed by atoms with E-state index in [4.69, 9.17) is 0 Å². The molecule has 0 saturated heterocycles. The molecule has 0 amide bonds. The lowest BCUT2D eigenvalue weighted by atomic mass is 10.0. The molecule has 0 saturated carbocycles. The zero-order valence-corrected chi connectivity index (χ0v) is 75.3. The first-order valence-electron chi connectivity index (χ1n) is 46.0. The molecule has 0 fully saturated rings. The van der Waals surface area contributed by atoms with E-state index in [0.29, 0.717) is 0 Å². The SMILES string of the molecule is CCCCCCCCCCCCCCCC[P+](CCCC)(CCCC)CCCC.CCCCCCCCCCCCCCCC[P+](CCCC)(CCCC)CCCC.CCCCCCCCCCCCCCCC[P+](CCCC)(CCCC)CCCC.O=C([O-])c1cccc(C(=O)[O-])c1S(=O)(=O)[O-]. The Kier molecular flexibility index (Phi) is 82.2. The van der Waals surface area contributed by atoms with Crippen molar-refractivity contribution in [3.05, 3.63) is 29.3 Å². The third-order valence-electron chi connectivity index (χ3n) is 22.5. The molecule has 0 heterocycles. The minimum absolute atomic E-state index is 0.630. The molecule has 0 radical (unpaired) electrons. The van der Waals surface area contributed by atoms with E-state index in [9.17, 15) is 32.8 Å². The summed E-state index contributed by atoms with van der Waals surface area (Å²) in [7, 11) is -7.14. The molecule has 0 aliphatic carbocycles. The predicted octanol–water partition coefficient (Wildman–Crippen LogP) is 30.0. The summed E-state index contributed by atoms with van der Waals surface area (Å²) < 4.78 is 32.2. The summed E-state index contributed by atoms with van der Waals surface area (Å²) >= 11 is 0. The largest absolute Gasteiger partial charge is 0.744 e. The molecule has 614 valence electrons. The molecule has 0 aliphatic heterocycles. The second kappa shape index (κ2) is 79.4. The van der Waals surface area contributed by atoms with Gasteiger partial charge in [-0.2, -0.15) is 0 Å². The molecule has 0 aromatic heterocycles. The number of rotatable bonds is 75. The van der Waals surface area contributed by atoms with Gasteiger partial charge >= 0.3 is 0 Å². The van der Waals surface area contributed by atoms with E-state index in [2.05, 4.69) is 83.1 Å². The van der Waals surface area contributed by atoms with Crippen LogP contribution in [0.1, 0.15) is 489 Å². The van der Waals surface area contributed by atoms with E-state index in [1.165, 1.54) is 366 Å².